The number of allylic oxidation sites excluding steroid dienone is 3. The third kappa shape index (κ3) is 2.65. The van der Waals surface area contributed by atoms with Crippen molar-refractivity contribution < 1.29 is 4.79 Å². The van der Waals surface area contributed by atoms with Gasteiger partial charge in [-0.3, -0.25) is 4.79 Å². The van der Waals surface area contributed by atoms with Crippen LogP contribution in [0.25, 0.3) is 0 Å². The Balaban J connectivity index is 2.60. The second kappa shape index (κ2) is 4.91. The van der Waals surface area contributed by atoms with Crippen LogP contribution in [0.5, 0.6) is 0 Å². The Kier molecular flexibility index (Phi) is 3.78. The standard InChI is InChI=1S/C11H16O/c1-2-7-10-8-5-3-4-6-9-11(10)12/h2,7H,1,3-6,8-9H2/b10-7-. The van der Waals surface area contributed by atoms with Gasteiger partial charge in [-0.25, -0.2) is 0 Å². The molecule has 0 aromatic carbocycles. The molecule has 1 saturated carbocycles. The Bertz CT molecular complexity index is 201. The van der Waals surface area contributed by atoms with Gasteiger partial charge >= 0.3 is 0 Å². The zero-order chi connectivity index (χ0) is 8.81. The van der Waals surface area contributed by atoms with Crippen LogP contribution in [0.15, 0.2) is 24.3 Å². The lowest BCUT2D eigenvalue weighted by molar-refractivity contribution is -0.116. The summed E-state index contributed by atoms with van der Waals surface area (Å²) in [6, 6.07) is 0. The van der Waals surface area contributed by atoms with E-state index in [2.05, 4.69) is 6.58 Å². The topological polar surface area (TPSA) is 17.1 Å². The summed E-state index contributed by atoms with van der Waals surface area (Å²) >= 11 is 0. The first-order chi connectivity index (χ1) is 5.84. The Morgan fingerprint density at radius 3 is 2.42 bits per heavy atom. The Hall–Kier alpha value is -0.850. The van der Waals surface area contributed by atoms with Crippen LogP contribution in [0.2, 0.25) is 0 Å². The molecule has 1 fully saturated rings. The maximum Gasteiger partial charge on any atom is 0.158 e. The van der Waals surface area contributed by atoms with Gasteiger partial charge < -0.3 is 0 Å². The second-order valence-electron chi connectivity index (χ2n) is 3.26. The number of hydrogen-bond donors (Lipinski definition) is 0. The van der Waals surface area contributed by atoms with E-state index in [-0.39, 0.29) is 0 Å². The van der Waals surface area contributed by atoms with Crippen LogP contribution in [-0.4, -0.2) is 5.78 Å². The monoisotopic (exact) mass is 164 g/mol. The fourth-order valence-corrected chi connectivity index (χ4v) is 1.57. The highest BCUT2D eigenvalue weighted by molar-refractivity contribution is 5.95. The van der Waals surface area contributed by atoms with E-state index in [0.717, 1.165) is 31.3 Å². The Morgan fingerprint density at radius 2 is 1.75 bits per heavy atom. The van der Waals surface area contributed by atoms with E-state index in [0.29, 0.717) is 5.78 Å². The first-order valence-electron chi connectivity index (χ1n) is 4.69. The molecule has 0 spiro atoms. The molecule has 0 aromatic rings. The molecule has 12 heavy (non-hydrogen) atoms. The van der Waals surface area contributed by atoms with Crippen molar-refractivity contribution in [3.8, 4) is 0 Å². The zero-order valence-corrected chi connectivity index (χ0v) is 7.51. The molecule has 1 aliphatic carbocycles. The van der Waals surface area contributed by atoms with Crippen molar-refractivity contribution in [1.82, 2.24) is 0 Å². The fraction of sp³-hybridized carbons (Fsp3) is 0.545. The lowest BCUT2D eigenvalue weighted by Crippen LogP contribution is -2.05. The van der Waals surface area contributed by atoms with E-state index in [9.17, 15) is 4.79 Å². The minimum absolute atomic E-state index is 0.328. The van der Waals surface area contributed by atoms with Crippen LogP contribution >= 0.6 is 0 Å². The summed E-state index contributed by atoms with van der Waals surface area (Å²) in [7, 11) is 0. The Labute approximate surface area is 74.2 Å². The van der Waals surface area contributed by atoms with Crippen molar-refractivity contribution in [3.05, 3.63) is 24.3 Å². The number of hydrogen-bond acceptors (Lipinski definition) is 1. The molecule has 1 aliphatic rings. The highest BCUT2D eigenvalue weighted by Crippen LogP contribution is 2.18. The van der Waals surface area contributed by atoms with Crippen molar-refractivity contribution in [2.75, 3.05) is 0 Å². The van der Waals surface area contributed by atoms with Gasteiger partial charge in [-0.2, -0.15) is 0 Å². The van der Waals surface area contributed by atoms with E-state index in [1.165, 1.54) is 12.8 Å². The molecule has 0 bridgehead atoms. The molecule has 1 rings (SSSR count). The van der Waals surface area contributed by atoms with E-state index in [4.69, 9.17) is 0 Å². The maximum absolute atomic E-state index is 11.4. The molecule has 0 aliphatic heterocycles. The molecule has 1 heteroatoms. The first kappa shape index (κ1) is 9.24. The number of ketones is 1. The average molecular weight is 164 g/mol. The van der Waals surface area contributed by atoms with Gasteiger partial charge in [0.2, 0.25) is 0 Å². The van der Waals surface area contributed by atoms with Gasteiger partial charge in [0, 0.05) is 6.42 Å². The molecule has 0 radical (unpaired) electrons. The van der Waals surface area contributed by atoms with Gasteiger partial charge in [-0.15, -0.1) is 0 Å². The molecule has 0 amide bonds. The van der Waals surface area contributed by atoms with Gasteiger partial charge in [0.15, 0.2) is 5.78 Å². The van der Waals surface area contributed by atoms with E-state index in [1.54, 1.807) is 6.08 Å². The molecule has 66 valence electrons. The minimum atomic E-state index is 0.328. The normalized spacial score (nSPS) is 23.3. The van der Waals surface area contributed by atoms with Crippen LogP contribution in [0.3, 0.4) is 0 Å². The largest absolute Gasteiger partial charge is 0.295 e. The predicted octanol–water partition coefficient (Wildman–Crippen LogP) is 3.02. The van der Waals surface area contributed by atoms with Gasteiger partial charge in [-0.1, -0.05) is 31.6 Å². The molecular formula is C11H16O. The summed E-state index contributed by atoms with van der Waals surface area (Å²) in [5, 5.41) is 0. The lowest BCUT2D eigenvalue weighted by Gasteiger charge is -2.09. The molecule has 0 saturated heterocycles. The first-order valence-corrected chi connectivity index (χ1v) is 4.69. The highest BCUT2D eigenvalue weighted by Gasteiger charge is 2.10. The van der Waals surface area contributed by atoms with Crippen molar-refractivity contribution in [2.45, 2.75) is 38.5 Å². The second-order valence-corrected chi connectivity index (χ2v) is 3.26. The van der Waals surface area contributed by atoms with Gasteiger partial charge in [0.05, 0.1) is 0 Å². The number of carbonyl (C=O) groups is 1. The average Bonchev–Trinajstić information content (AvgIpc) is 2.05. The third-order valence-corrected chi connectivity index (χ3v) is 2.28. The number of Topliss-reactive ketones (excluding diaryl/α,β-unsaturated/α-hetero) is 1. The minimum Gasteiger partial charge on any atom is -0.295 e. The van der Waals surface area contributed by atoms with Crippen molar-refractivity contribution >= 4 is 5.78 Å². The number of rotatable bonds is 1. The molecule has 0 aromatic heterocycles. The van der Waals surface area contributed by atoms with Gasteiger partial charge in [-0.05, 0) is 24.8 Å². The van der Waals surface area contributed by atoms with Crippen LogP contribution in [0.4, 0.5) is 0 Å². The zero-order valence-electron chi connectivity index (χ0n) is 7.51. The van der Waals surface area contributed by atoms with Crippen LogP contribution < -0.4 is 0 Å². The van der Waals surface area contributed by atoms with Crippen LogP contribution in [0, 0.1) is 0 Å². The summed E-state index contributed by atoms with van der Waals surface area (Å²) < 4.78 is 0. The van der Waals surface area contributed by atoms with Crippen molar-refractivity contribution in [2.24, 2.45) is 0 Å². The van der Waals surface area contributed by atoms with Crippen LogP contribution in [0.1, 0.15) is 38.5 Å². The van der Waals surface area contributed by atoms with E-state index in [1.807, 2.05) is 6.08 Å². The molecule has 0 heterocycles. The van der Waals surface area contributed by atoms with E-state index < -0.39 is 0 Å². The van der Waals surface area contributed by atoms with Crippen molar-refractivity contribution in [3.63, 3.8) is 0 Å². The predicted molar refractivity (Wildman–Crippen MR) is 51.0 cm³/mol. The summed E-state index contributed by atoms with van der Waals surface area (Å²) in [5.41, 5.74) is 0.977. The summed E-state index contributed by atoms with van der Waals surface area (Å²) in [6.07, 6.45) is 9.97. The molecule has 0 atom stereocenters. The molecular weight excluding hydrogens is 148 g/mol. The molecule has 1 nitrogen and oxygen atoms in total. The fourth-order valence-electron chi connectivity index (χ4n) is 1.57. The Morgan fingerprint density at radius 1 is 1.08 bits per heavy atom. The quantitative estimate of drug-likeness (QED) is 0.544. The third-order valence-electron chi connectivity index (χ3n) is 2.28. The summed E-state index contributed by atoms with van der Waals surface area (Å²) in [4.78, 5) is 11.4. The van der Waals surface area contributed by atoms with Gasteiger partial charge in [0.25, 0.3) is 0 Å². The van der Waals surface area contributed by atoms with Crippen LogP contribution in [-0.2, 0) is 4.79 Å². The highest BCUT2D eigenvalue weighted by atomic mass is 16.1. The summed E-state index contributed by atoms with van der Waals surface area (Å²) in [5.74, 6) is 0.328. The van der Waals surface area contributed by atoms with Crippen molar-refractivity contribution in [1.29, 1.82) is 0 Å². The maximum atomic E-state index is 11.4. The molecule has 0 unspecified atom stereocenters. The summed E-state index contributed by atoms with van der Waals surface area (Å²) in [6.45, 7) is 3.61. The van der Waals surface area contributed by atoms with Gasteiger partial charge in [0.1, 0.15) is 0 Å². The smallest absolute Gasteiger partial charge is 0.158 e. The van der Waals surface area contributed by atoms with E-state index >= 15 is 0 Å². The SMILES string of the molecule is C=C/C=C1/CCCCCCC1=O. The lowest BCUT2D eigenvalue weighted by atomic mass is 9.95. The molecule has 0 N–H and O–H groups in total. The number of carbonyl (C=O) groups excluding carboxylic acids is 1.